The first kappa shape index (κ1) is 10.7. The second kappa shape index (κ2) is 4.40. The van der Waals surface area contributed by atoms with Gasteiger partial charge in [0.2, 0.25) is 0 Å². The molecule has 0 aromatic carbocycles. The van der Waals surface area contributed by atoms with Gasteiger partial charge in [-0.15, -0.1) is 0 Å². The predicted molar refractivity (Wildman–Crippen MR) is 59.6 cm³/mol. The van der Waals surface area contributed by atoms with E-state index < -0.39 is 5.97 Å². The van der Waals surface area contributed by atoms with Crippen LogP contribution in [0.2, 0.25) is 0 Å². The summed E-state index contributed by atoms with van der Waals surface area (Å²) < 4.78 is 2.29. The molecule has 2 rings (SSSR count). The number of aromatic amines is 1. The van der Waals surface area contributed by atoms with Gasteiger partial charge in [-0.1, -0.05) is 12.2 Å². The molecular weight excluding hydrogens is 228 g/mol. The van der Waals surface area contributed by atoms with Crippen molar-refractivity contribution in [3.63, 3.8) is 0 Å². The summed E-state index contributed by atoms with van der Waals surface area (Å²) in [6.07, 6.45) is 3.86. The third-order valence-electron chi connectivity index (χ3n) is 2.21. The number of carboxylic acid groups (broad SMARTS) is 1. The first-order chi connectivity index (χ1) is 7.68. The van der Waals surface area contributed by atoms with Gasteiger partial charge in [-0.3, -0.25) is 4.79 Å². The van der Waals surface area contributed by atoms with Crippen molar-refractivity contribution in [2.75, 3.05) is 0 Å². The lowest BCUT2D eigenvalue weighted by Crippen LogP contribution is -2.01. The topological polar surface area (TPSA) is 83.8 Å². The maximum atomic E-state index is 10.4. The number of aliphatic carboxylic acids is 1. The van der Waals surface area contributed by atoms with Gasteiger partial charge in [-0.05, 0) is 6.42 Å². The van der Waals surface area contributed by atoms with Gasteiger partial charge in [0.05, 0.1) is 12.7 Å². The Bertz CT molecular complexity index is 574. The molecule has 16 heavy (non-hydrogen) atoms. The first-order valence-electron chi connectivity index (χ1n) is 4.79. The Kier molecular flexibility index (Phi) is 2.95. The molecule has 0 spiro atoms. The van der Waals surface area contributed by atoms with E-state index in [0.717, 1.165) is 5.65 Å². The van der Waals surface area contributed by atoms with Gasteiger partial charge in [0.25, 0.3) is 0 Å². The summed E-state index contributed by atoms with van der Waals surface area (Å²) in [6, 6.07) is 0. The highest BCUT2D eigenvalue weighted by atomic mass is 32.1. The van der Waals surface area contributed by atoms with Crippen LogP contribution in [0.25, 0.3) is 11.2 Å². The summed E-state index contributed by atoms with van der Waals surface area (Å²) >= 11 is 5.02. The molecule has 2 heterocycles. The number of aryl methyl sites for hydroxylation is 1. The third kappa shape index (κ3) is 2.08. The summed E-state index contributed by atoms with van der Waals surface area (Å²) in [7, 11) is 0. The van der Waals surface area contributed by atoms with Crippen molar-refractivity contribution in [2.45, 2.75) is 19.4 Å². The maximum absolute atomic E-state index is 10.4. The van der Waals surface area contributed by atoms with Gasteiger partial charge in [0.1, 0.15) is 11.2 Å². The van der Waals surface area contributed by atoms with E-state index in [9.17, 15) is 4.79 Å². The third-order valence-corrected chi connectivity index (χ3v) is 2.51. The molecule has 2 N–H and O–H groups in total. The van der Waals surface area contributed by atoms with Crippen molar-refractivity contribution in [3.8, 4) is 0 Å². The first-order valence-corrected chi connectivity index (χ1v) is 5.19. The van der Waals surface area contributed by atoms with Gasteiger partial charge < -0.3 is 14.7 Å². The van der Waals surface area contributed by atoms with Gasteiger partial charge in [-0.25, -0.2) is 9.97 Å². The smallest absolute Gasteiger partial charge is 0.303 e. The summed E-state index contributed by atoms with van der Waals surface area (Å²) in [4.78, 5) is 21.4. The zero-order valence-electron chi connectivity index (χ0n) is 8.38. The Morgan fingerprint density at radius 2 is 2.38 bits per heavy atom. The lowest BCUT2D eigenvalue weighted by Gasteiger charge is -2.01. The number of fused-ring (bicyclic) bond motifs is 1. The van der Waals surface area contributed by atoms with Gasteiger partial charge in [0.15, 0.2) is 4.64 Å². The minimum Gasteiger partial charge on any atom is -0.481 e. The number of imidazole rings is 1. The number of hydrogen-bond acceptors (Lipinski definition) is 4. The average molecular weight is 238 g/mol. The van der Waals surface area contributed by atoms with Crippen LogP contribution in [-0.2, 0) is 11.3 Å². The quantitative estimate of drug-likeness (QED) is 0.785. The summed E-state index contributed by atoms with van der Waals surface area (Å²) in [5, 5.41) is 8.54. The molecule has 0 radical (unpaired) electrons. The maximum Gasteiger partial charge on any atom is 0.303 e. The molecule has 0 aliphatic rings. The molecule has 0 saturated heterocycles. The fourth-order valence-corrected chi connectivity index (χ4v) is 1.68. The molecule has 0 saturated carbocycles. The van der Waals surface area contributed by atoms with Crippen LogP contribution in [-0.4, -0.2) is 30.6 Å². The van der Waals surface area contributed by atoms with E-state index in [4.69, 9.17) is 17.3 Å². The number of nitrogens with one attached hydrogen (secondary N) is 1. The van der Waals surface area contributed by atoms with Crippen LogP contribution in [0.5, 0.6) is 0 Å². The minimum atomic E-state index is -0.793. The number of rotatable bonds is 4. The lowest BCUT2D eigenvalue weighted by molar-refractivity contribution is -0.137. The van der Waals surface area contributed by atoms with Crippen LogP contribution >= 0.6 is 12.2 Å². The van der Waals surface area contributed by atoms with Crippen LogP contribution in [0, 0.1) is 4.64 Å². The SMILES string of the molecule is O=C(O)CCCn1cnc2c(=S)nc[nH]c21. The van der Waals surface area contributed by atoms with Crippen molar-refractivity contribution in [1.29, 1.82) is 0 Å². The Morgan fingerprint density at radius 1 is 1.56 bits per heavy atom. The minimum absolute atomic E-state index is 0.144. The standard InChI is InChI=1S/C9H10N4O2S/c14-6(15)2-1-3-13-5-12-7-8(13)10-4-11-9(7)16/h4-5H,1-3H2,(H,14,15)(H,10,11,16). The van der Waals surface area contributed by atoms with Crippen LogP contribution in [0.1, 0.15) is 12.8 Å². The van der Waals surface area contributed by atoms with Crippen LogP contribution in [0.15, 0.2) is 12.7 Å². The number of H-pyrrole nitrogens is 1. The number of nitrogens with zero attached hydrogens (tertiary/aromatic N) is 3. The van der Waals surface area contributed by atoms with E-state index in [1.165, 1.54) is 6.33 Å². The molecule has 6 nitrogen and oxygen atoms in total. The molecule has 7 heteroatoms. The molecule has 84 valence electrons. The second-order valence-corrected chi connectivity index (χ2v) is 3.73. The molecule has 0 aliphatic heterocycles. The highest BCUT2D eigenvalue weighted by Crippen LogP contribution is 2.10. The summed E-state index contributed by atoms with van der Waals surface area (Å²) in [5.74, 6) is -0.793. The Hall–Kier alpha value is -1.76. The summed E-state index contributed by atoms with van der Waals surface area (Å²) in [6.45, 7) is 0.595. The van der Waals surface area contributed by atoms with E-state index in [-0.39, 0.29) is 6.42 Å². The normalized spacial score (nSPS) is 10.8. The monoisotopic (exact) mass is 238 g/mol. The molecule has 2 aromatic rings. The van der Waals surface area contributed by atoms with Crippen LogP contribution in [0.3, 0.4) is 0 Å². The molecule has 0 amide bonds. The number of aromatic nitrogens is 4. The molecule has 0 bridgehead atoms. The fraction of sp³-hybridized carbons (Fsp3) is 0.333. The van der Waals surface area contributed by atoms with Crippen LogP contribution < -0.4 is 0 Å². The van der Waals surface area contributed by atoms with Gasteiger partial charge >= 0.3 is 5.97 Å². The van der Waals surface area contributed by atoms with Crippen molar-refractivity contribution in [3.05, 3.63) is 17.3 Å². The molecular formula is C9H10N4O2S. The number of hydrogen-bond donors (Lipinski definition) is 2. The van der Waals surface area contributed by atoms with Crippen molar-refractivity contribution in [1.82, 2.24) is 19.5 Å². The number of carbonyl (C=O) groups is 1. The van der Waals surface area contributed by atoms with Crippen molar-refractivity contribution >= 4 is 29.4 Å². The number of carboxylic acids is 1. The average Bonchev–Trinajstić information content (AvgIpc) is 2.63. The zero-order valence-corrected chi connectivity index (χ0v) is 9.20. The highest BCUT2D eigenvalue weighted by molar-refractivity contribution is 7.71. The molecule has 2 aromatic heterocycles. The molecule has 0 aliphatic carbocycles. The lowest BCUT2D eigenvalue weighted by atomic mass is 10.3. The zero-order chi connectivity index (χ0) is 11.5. The molecule has 0 unspecified atom stereocenters. The molecule has 0 fully saturated rings. The molecule has 0 atom stereocenters. The van der Waals surface area contributed by atoms with Gasteiger partial charge in [0, 0.05) is 13.0 Å². The summed E-state index contributed by atoms with van der Waals surface area (Å²) in [5.41, 5.74) is 1.43. The van der Waals surface area contributed by atoms with E-state index in [1.54, 1.807) is 6.33 Å². The van der Waals surface area contributed by atoms with E-state index in [0.29, 0.717) is 23.1 Å². The fourth-order valence-electron chi connectivity index (χ4n) is 1.47. The van der Waals surface area contributed by atoms with Gasteiger partial charge in [-0.2, -0.15) is 0 Å². The highest BCUT2D eigenvalue weighted by Gasteiger charge is 2.05. The van der Waals surface area contributed by atoms with E-state index in [1.807, 2.05) is 4.57 Å². The Morgan fingerprint density at radius 3 is 3.12 bits per heavy atom. The van der Waals surface area contributed by atoms with Crippen molar-refractivity contribution < 1.29 is 9.90 Å². The Balaban J connectivity index is 2.22. The van der Waals surface area contributed by atoms with Crippen molar-refractivity contribution in [2.24, 2.45) is 0 Å². The second-order valence-electron chi connectivity index (χ2n) is 3.34. The van der Waals surface area contributed by atoms with Crippen LogP contribution in [0.4, 0.5) is 0 Å². The van der Waals surface area contributed by atoms with E-state index >= 15 is 0 Å². The Labute approximate surface area is 96.0 Å². The van der Waals surface area contributed by atoms with E-state index in [2.05, 4.69) is 15.0 Å². The largest absolute Gasteiger partial charge is 0.481 e. The predicted octanol–water partition coefficient (Wildman–Crippen LogP) is 1.35.